The Morgan fingerprint density at radius 1 is 1.31 bits per heavy atom. The van der Waals surface area contributed by atoms with Crippen molar-refractivity contribution in [3.63, 3.8) is 0 Å². The van der Waals surface area contributed by atoms with Crippen LogP contribution in [0.5, 0.6) is 0 Å². The maximum absolute atomic E-state index is 11.5. The van der Waals surface area contributed by atoms with Crippen molar-refractivity contribution in [2.45, 2.75) is 38.0 Å². The van der Waals surface area contributed by atoms with Crippen molar-refractivity contribution in [3.05, 3.63) is 0 Å². The second-order valence-corrected chi connectivity index (χ2v) is 6.99. The summed E-state index contributed by atoms with van der Waals surface area (Å²) in [5.41, 5.74) is 0.0741. The minimum atomic E-state index is -3.20. The Morgan fingerprint density at radius 3 is 2.54 bits per heavy atom. The van der Waals surface area contributed by atoms with Crippen LogP contribution in [-0.4, -0.2) is 19.8 Å². The molecule has 2 aliphatic carbocycles. The first-order valence-electron chi connectivity index (χ1n) is 4.85. The van der Waals surface area contributed by atoms with Crippen molar-refractivity contribution < 1.29 is 12.6 Å². The highest BCUT2D eigenvalue weighted by Crippen LogP contribution is 2.62. The molecule has 13 heavy (non-hydrogen) atoms. The molecule has 0 radical (unpaired) electrons. The van der Waals surface area contributed by atoms with Crippen molar-refractivity contribution in [1.82, 2.24) is 0 Å². The van der Waals surface area contributed by atoms with Crippen molar-refractivity contribution in [1.29, 1.82) is 0 Å². The molecule has 1 heterocycles. The molecular formula is C9H14O3S. The van der Waals surface area contributed by atoms with E-state index in [0.717, 1.165) is 12.8 Å². The van der Waals surface area contributed by atoms with Crippen molar-refractivity contribution in [3.8, 4) is 0 Å². The zero-order chi connectivity index (χ0) is 9.43. The Labute approximate surface area is 78.6 Å². The van der Waals surface area contributed by atoms with Gasteiger partial charge >= 0.3 is 0 Å². The fraction of sp³-hybridized carbons (Fsp3) is 1.00. The van der Waals surface area contributed by atoms with Crippen LogP contribution in [0, 0.1) is 17.3 Å². The first-order valence-corrected chi connectivity index (χ1v) is 6.32. The average Bonchev–Trinajstić information content (AvgIpc) is 2.54. The molecule has 2 saturated carbocycles. The van der Waals surface area contributed by atoms with Gasteiger partial charge in [0.05, 0.1) is 11.4 Å². The van der Waals surface area contributed by atoms with Gasteiger partial charge in [-0.15, -0.1) is 0 Å². The molecule has 0 aromatic carbocycles. The molecule has 4 heteroatoms. The minimum Gasteiger partial charge on any atom is -0.266 e. The van der Waals surface area contributed by atoms with Crippen LogP contribution in [0.4, 0.5) is 0 Å². The van der Waals surface area contributed by atoms with Gasteiger partial charge in [-0.25, -0.2) is 0 Å². The number of rotatable bonds is 0. The third kappa shape index (κ3) is 0.773. The zero-order valence-electron chi connectivity index (χ0n) is 7.86. The summed E-state index contributed by atoms with van der Waals surface area (Å²) in [6.45, 7) is 4.28. The smallest absolute Gasteiger partial charge is 0.266 e. The first-order chi connectivity index (χ1) is 5.93. The Bertz CT molecular complexity index is 357. The van der Waals surface area contributed by atoms with Gasteiger partial charge in [0.1, 0.15) is 0 Å². The van der Waals surface area contributed by atoms with Crippen LogP contribution in [-0.2, 0) is 14.3 Å². The monoisotopic (exact) mass is 202 g/mol. The molecular weight excluding hydrogens is 188 g/mol. The number of hydrogen-bond acceptors (Lipinski definition) is 3. The highest BCUT2D eigenvalue weighted by Gasteiger charge is 2.66. The minimum absolute atomic E-state index is 0.0266. The van der Waals surface area contributed by atoms with E-state index in [1.165, 1.54) is 0 Å². The summed E-state index contributed by atoms with van der Waals surface area (Å²) in [6.07, 6.45) is 1.86. The molecule has 4 unspecified atom stereocenters. The Morgan fingerprint density at radius 2 is 2.00 bits per heavy atom. The summed E-state index contributed by atoms with van der Waals surface area (Å²) in [7, 11) is -3.20. The van der Waals surface area contributed by atoms with Crippen LogP contribution in [0.1, 0.15) is 26.7 Å². The third-order valence-corrected chi connectivity index (χ3v) is 6.09. The fourth-order valence-corrected chi connectivity index (χ4v) is 5.46. The van der Waals surface area contributed by atoms with Crippen molar-refractivity contribution in [2.24, 2.45) is 17.3 Å². The lowest BCUT2D eigenvalue weighted by atomic mass is 9.74. The number of hydrogen-bond donors (Lipinski definition) is 0. The van der Waals surface area contributed by atoms with Gasteiger partial charge in [-0.2, -0.15) is 8.42 Å². The van der Waals surface area contributed by atoms with E-state index in [9.17, 15) is 8.42 Å². The van der Waals surface area contributed by atoms with E-state index in [2.05, 4.69) is 13.8 Å². The Balaban J connectivity index is 2.14. The fourth-order valence-electron chi connectivity index (χ4n) is 3.48. The molecule has 3 nitrogen and oxygen atoms in total. The van der Waals surface area contributed by atoms with Crippen molar-refractivity contribution in [2.75, 3.05) is 0 Å². The van der Waals surface area contributed by atoms with E-state index in [1.807, 2.05) is 0 Å². The van der Waals surface area contributed by atoms with Gasteiger partial charge in [0.25, 0.3) is 10.1 Å². The lowest BCUT2D eigenvalue weighted by molar-refractivity contribution is 0.0622. The molecule has 4 atom stereocenters. The van der Waals surface area contributed by atoms with E-state index in [0.29, 0.717) is 11.8 Å². The molecule has 0 aromatic rings. The molecule has 3 rings (SSSR count). The highest BCUT2D eigenvalue weighted by atomic mass is 32.2. The Hall–Kier alpha value is -0.0900. The van der Waals surface area contributed by atoms with Gasteiger partial charge in [0, 0.05) is 5.92 Å². The van der Waals surface area contributed by atoms with E-state index in [4.69, 9.17) is 4.18 Å². The van der Waals surface area contributed by atoms with Crippen LogP contribution in [0.3, 0.4) is 0 Å². The normalized spacial score (nSPS) is 54.3. The van der Waals surface area contributed by atoms with Crippen LogP contribution in [0.2, 0.25) is 0 Å². The topological polar surface area (TPSA) is 43.4 Å². The van der Waals surface area contributed by atoms with Crippen LogP contribution in [0.15, 0.2) is 0 Å². The molecule has 3 aliphatic rings. The second kappa shape index (κ2) is 1.96. The SMILES string of the molecule is CC1(C)C2CC3C1OS(=O)(=O)C3C2. The van der Waals surface area contributed by atoms with E-state index in [-0.39, 0.29) is 16.8 Å². The lowest BCUT2D eigenvalue weighted by Crippen LogP contribution is -2.35. The molecule has 2 bridgehead atoms. The maximum Gasteiger partial charge on any atom is 0.270 e. The highest BCUT2D eigenvalue weighted by molar-refractivity contribution is 7.87. The molecule has 0 N–H and O–H groups in total. The zero-order valence-corrected chi connectivity index (χ0v) is 8.67. The lowest BCUT2D eigenvalue weighted by Gasteiger charge is -2.32. The molecule has 0 aromatic heterocycles. The average molecular weight is 202 g/mol. The summed E-state index contributed by atoms with van der Waals surface area (Å²) in [5.74, 6) is 0.856. The van der Waals surface area contributed by atoms with Gasteiger partial charge < -0.3 is 0 Å². The summed E-state index contributed by atoms with van der Waals surface area (Å²) in [4.78, 5) is 0. The molecule has 0 spiro atoms. The van der Waals surface area contributed by atoms with Gasteiger partial charge in [-0.1, -0.05) is 13.8 Å². The third-order valence-electron chi connectivity index (χ3n) is 4.33. The molecule has 1 aliphatic heterocycles. The van der Waals surface area contributed by atoms with E-state index >= 15 is 0 Å². The second-order valence-electron chi connectivity index (χ2n) is 5.20. The number of fused-ring (bicyclic) bond motifs is 1. The van der Waals surface area contributed by atoms with Gasteiger partial charge in [-0.3, -0.25) is 4.18 Å². The maximum atomic E-state index is 11.5. The largest absolute Gasteiger partial charge is 0.270 e. The van der Waals surface area contributed by atoms with E-state index in [1.54, 1.807) is 0 Å². The summed E-state index contributed by atoms with van der Waals surface area (Å²) >= 11 is 0. The molecule has 74 valence electrons. The van der Waals surface area contributed by atoms with Gasteiger partial charge in [0.2, 0.25) is 0 Å². The molecule has 1 saturated heterocycles. The molecule has 0 amide bonds. The quantitative estimate of drug-likeness (QED) is 0.553. The van der Waals surface area contributed by atoms with Crippen LogP contribution < -0.4 is 0 Å². The van der Waals surface area contributed by atoms with Crippen LogP contribution >= 0.6 is 0 Å². The van der Waals surface area contributed by atoms with Gasteiger partial charge in [0.15, 0.2) is 0 Å². The summed E-state index contributed by atoms with van der Waals surface area (Å²) < 4.78 is 28.3. The van der Waals surface area contributed by atoms with Crippen molar-refractivity contribution >= 4 is 10.1 Å². The first kappa shape index (κ1) is 8.24. The standard InChI is InChI=1S/C9H14O3S/c1-9(2)5-3-6-7(4-5)13(10,11)12-8(6)9/h5-8H,3-4H2,1-2H3. The predicted molar refractivity (Wildman–Crippen MR) is 47.6 cm³/mol. The van der Waals surface area contributed by atoms with Gasteiger partial charge in [-0.05, 0) is 24.2 Å². The summed E-state index contributed by atoms with van der Waals surface area (Å²) in [5, 5.41) is -0.171. The molecule has 3 fully saturated rings. The summed E-state index contributed by atoms with van der Waals surface area (Å²) in [6, 6.07) is 0. The van der Waals surface area contributed by atoms with E-state index < -0.39 is 10.1 Å². The van der Waals surface area contributed by atoms with Crippen LogP contribution in [0.25, 0.3) is 0 Å². The predicted octanol–water partition coefficient (Wildman–Crippen LogP) is 1.15. The Kier molecular flexibility index (Phi) is 1.24.